The molecular formula is C22H20Cl2O3. The Morgan fingerprint density at radius 2 is 1.26 bits per heavy atom. The van der Waals surface area contributed by atoms with E-state index in [4.69, 9.17) is 32.7 Å². The van der Waals surface area contributed by atoms with Crippen molar-refractivity contribution in [3.8, 4) is 11.5 Å². The largest absolute Gasteiger partial charge is 0.495 e. The van der Waals surface area contributed by atoms with Crippen molar-refractivity contribution in [2.24, 2.45) is 0 Å². The molecule has 5 heteroatoms. The van der Waals surface area contributed by atoms with E-state index in [9.17, 15) is 4.79 Å². The molecule has 2 aromatic carbocycles. The number of hydrogen-bond acceptors (Lipinski definition) is 3. The van der Waals surface area contributed by atoms with Gasteiger partial charge in [0, 0.05) is 22.3 Å². The Hall–Kier alpha value is -2.23. The number of halogens is 2. The predicted octanol–water partition coefficient (Wildman–Crippen LogP) is 6.23. The van der Waals surface area contributed by atoms with Gasteiger partial charge in [0.15, 0.2) is 5.78 Å². The first kappa shape index (κ1) is 19.5. The fourth-order valence-corrected chi connectivity index (χ4v) is 3.78. The van der Waals surface area contributed by atoms with Gasteiger partial charge < -0.3 is 9.47 Å². The second-order valence-corrected chi connectivity index (χ2v) is 7.06. The zero-order chi connectivity index (χ0) is 19.4. The number of para-hydroxylation sites is 2. The predicted molar refractivity (Wildman–Crippen MR) is 111 cm³/mol. The van der Waals surface area contributed by atoms with Crippen LogP contribution in [0.2, 0.25) is 10.0 Å². The Bertz CT molecular complexity index is 856. The summed E-state index contributed by atoms with van der Waals surface area (Å²) in [6.45, 7) is 0. The number of rotatable bonds is 4. The van der Waals surface area contributed by atoms with Gasteiger partial charge in [-0.3, -0.25) is 4.79 Å². The molecule has 0 bridgehead atoms. The molecule has 0 atom stereocenters. The van der Waals surface area contributed by atoms with Crippen molar-refractivity contribution in [2.75, 3.05) is 14.2 Å². The summed E-state index contributed by atoms with van der Waals surface area (Å²) in [7, 11) is 3.14. The molecule has 1 aliphatic rings. The molecule has 0 saturated heterocycles. The van der Waals surface area contributed by atoms with Gasteiger partial charge in [-0.05, 0) is 43.5 Å². The highest BCUT2D eigenvalue weighted by atomic mass is 35.5. The average Bonchev–Trinajstić information content (AvgIpc) is 2.65. The highest BCUT2D eigenvalue weighted by Crippen LogP contribution is 2.35. The number of ketones is 1. The Labute approximate surface area is 169 Å². The summed E-state index contributed by atoms with van der Waals surface area (Å²) in [4.78, 5) is 13.0. The molecule has 0 N–H and O–H groups in total. The van der Waals surface area contributed by atoms with E-state index in [-0.39, 0.29) is 5.78 Å². The Morgan fingerprint density at radius 1 is 0.815 bits per heavy atom. The lowest BCUT2D eigenvalue weighted by atomic mass is 9.86. The quantitative estimate of drug-likeness (QED) is 0.568. The SMILES string of the molecule is COc1c(Cl)cccc1C=C1CCCC(=Cc2cccc(Cl)c2OC)C1=O. The van der Waals surface area contributed by atoms with Crippen molar-refractivity contribution < 1.29 is 14.3 Å². The lowest BCUT2D eigenvalue weighted by molar-refractivity contribution is -0.112. The van der Waals surface area contributed by atoms with E-state index in [0.717, 1.165) is 41.5 Å². The van der Waals surface area contributed by atoms with Crippen molar-refractivity contribution in [3.63, 3.8) is 0 Å². The minimum atomic E-state index is 0.0327. The van der Waals surface area contributed by atoms with Crippen LogP contribution >= 0.6 is 23.2 Å². The number of benzene rings is 2. The molecule has 0 amide bonds. The summed E-state index contributed by atoms with van der Waals surface area (Å²) in [5, 5.41) is 1.05. The van der Waals surface area contributed by atoms with E-state index < -0.39 is 0 Å². The third-order valence-electron chi connectivity index (χ3n) is 4.54. The maximum atomic E-state index is 13.0. The highest BCUT2D eigenvalue weighted by Gasteiger charge is 2.22. The topological polar surface area (TPSA) is 35.5 Å². The Morgan fingerprint density at radius 3 is 1.67 bits per heavy atom. The molecule has 3 nitrogen and oxygen atoms in total. The van der Waals surface area contributed by atoms with Gasteiger partial charge in [-0.25, -0.2) is 0 Å². The normalized spacial score (nSPS) is 17.4. The third kappa shape index (κ3) is 4.20. The van der Waals surface area contributed by atoms with Gasteiger partial charge in [0.1, 0.15) is 11.5 Å². The van der Waals surface area contributed by atoms with E-state index in [2.05, 4.69) is 0 Å². The van der Waals surface area contributed by atoms with Crippen LogP contribution < -0.4 is 9.47 Å². The maximum Gasteiger partial charge on any atom is 0.185 e. The molecule has 0 aliphatic heterocycles. The number of carbonyl (C=O) groups excluding carboxylic acids is 1. The first-order valence-corrected chi connectivity index (χ1v) is 9.41. The second-order valence-electron chi connectivity index (χ2n) is 6.25. The lowest BCUT2D eigenvalue weighted by Gasteiger charge is -2.18. The highest BCUT2D eigenvalue weighted by molar-refractivity contribution is 6.32. The first-order chi connectivity index (χ1) is 13.0. The second kappa shape index (κ2) is 8.64. The summed E-state index contributed by atoms with van der Waals surface area (Å²) in [6.07, 6.45) is 6.08. The molecule has 140 valence electrons. The molecule has 0 spiro atoms. The minimum absolute atomic E-state index is 0.0327. The third-order valence-corrected chi connectivity index (χ3v) is 5.13. The Kier molecular flexibility index (Phi) is 6.25. The van der Waals surface area contributed by atoms with Gasteiger partial charge in [0.05, 0.1) is 24.3 Å². The molecule has 0 heterocycles. The van der Waals surface area contributed by atoms with Crippen LogP contribution in [-0.2, 0) is 4.79 Å². The summed E-state index contributed by atoms with van der Waals surface area (Å²) >= 11 is 12.4. The lowest BCUT2D eigenvalue weighted by Crippen LogP contribution is -2.12. The van der Waals surface area contributed by atoms with Crippen molar-refractivity contribution in [2.45, 2.75) is 19.3 Å². The molecule has 3 rings (SSSR count). The number of allylic oxidation sites excluding steroid dienone is 2. The molecule has 27 heavy (non-hydrogen) atoms. The molecule has 0 radical (unpaired) electrons. The number of methoxy groups -OCH3 is 2. The molecule has 0 aromatic heterocycles. The van der Waals surface area contributed by atoms with Crippen molar-refractivity contribution >= 4 is 41.1 Å². The van der Waals surface area contributed by atoms with Crippen LogP contribution in [0.1, 0.15) is 30.4 Å². The number of ether oxygens (including phenoxy) is 2. The number of hydrogen-bond donors (Lipinski definition) is 0. The fraction of sp³-hybridized carbons (Fsp3) is 0.227. The summed E-state index contributed by atoms with van der Waals surface area (Å²) in [5.41, 5.74) is 3.09. The summed E-state index contributed by atoms with van der Waals surface area (Å²) in [6, 6.07) is 11.0. The maximum absolute atomic E-state index is 13.0. The van der Waals surface area contributed by atoms with Crippen molar-refractivity contribution in [3.05, 3.63) is 68.7 Å². The number of Topliss-reactive ketones (excluding diaryl/α,β-unsaturated/α-hetero) is 1. The van der Waals surface area contributed by atoms with Crippen molar-refractivity contribution in [1.82, 2.24) is 0 Å². The Balaban J connectivity index is 1.98. The molecule has 1 aliphatic carbocycles. The molecule has 0 unspecified atom stereocenters. The van der Waals surface area contributed by atoms with E-state index in [1.807, 2.05) is 36.4 Å². The van der Waals surface area contributed by atoms with Crippen LogP contribution in [0.15, 0.2) is 47.5 Å². The monoisotopic (exact) mass is 402 g/mol. The smallest absolute Gasteiger partial charge is 0.185 e. The van der Waals surface area contributed by atoms with Crippen LogP contribution in [-0.4, -0.2) is 20.0 Å². The zero-order valence-electron chi connectivity index (χ0n) is 15.2. The molecule has 1 saturated carbocycles. The summed E-state index contributed by atoms with van der Waals surface area (Å²) in [5.74, 6) is 1.18. The van der Waals surface area contributed by atoms with Gasteiger partial charge >= 0.3 is 0 Å². The minimum Gasteiger partial charge on any atom is -0.495 e. The zero-order valence-corrected chi connectivity index (χ0v) is 16.7. The van der Waals surface area contributed by atoms with Gasteiger partial charge in [-0.2, -0.15) is 0 Å². The van der Waals surface area contributed by atoms with Gasteiger partial charge in [-0.15, -0.1) is 0 Å². The van der Waals surface area contributed by atoms with Crippen molar-refractivity contribution in [1.29, 1.82) is 0 Å². The van der Waals surface area contributed by atoms with E-state index >= 15 is 0 Å². The average molecular weight is 403 g/mol. The first-order valence-electron chi connectivity index (χ1n) is 8.66. The van der Waals surface area contributed by atoms with E-state index in [1.165, 1.54) is 0 Å². The number of carbonyl (C=O) groups is 1. The molecule has 2 aromatic rings. The fourth-order valence-electron chi connectivity index (χ4n) is 3.26. The van der Waals surface area contributed by atoms with Crippen LogP contribution in [0.5, 0.6) is 11.5 Å². The van der Waals surface area contributed by atoms with Gasteiger partial charge in [-0.1, -0.05) is 47.5 Å². The van der Waals surface area contributed by atoms with E-state index in [0.29, 0.717) is 21.5 Å². The summed E-state index contributed by atoms with van der Waals surface area (Å²) < 4.78 is 10.8. The molecule has 1 fully saturated rings. The van der Waals surface area contributed by atoms with Crippen LogP contribution in [0.3, 0.4) is 0 Å². The standard InChI is InChI=1S/C22H20Cl2O3/c1-26-21-16(8-4-10-18(21)23)12-14-6-3-7-15(20(14)25)13-17-9-5-11-19(24)22(17)27-2/h4-5,8-13H,3,6-7H2,1-2H3. The van der Waals surface area contributed by atoms with E-state index in [1.54, 1.807) is 26.4 Å². The van der Waals surface area contributed by atoms with Crippen LogP contribution in [0, 0.1) is 0 Å². The van der Waals surface area contributed by atoms with Crippen LogP contribution in [0.4, 0.5) is 0 Å². The van der Waals surface area contributed by atoms with Gasteiger partial charge in [0.2, 0.25) is 0 Å². The van der Waals surface area contributed by atoms with Crippen LogP contribution in [0.25, 0.3) is 12.2 Å². The van der Waals surface area contributed by atoms with Gasteiger partial charge in [0.25, 0.3) is 0 Å². The molecular weight excluding hydrogens is 383 g/mol.